The molecule has 0 saturated carbocycles. The van der Waals surface area contributed by atoms with Crippen LogP contribution in [0.5, 0.6) is 0 Å². The number of amides is 1. The number of thiazole rings is 1. The molecule has 0 aliphatic carbocycles. The number of halogens is 1. The monoisotopic (exact) mass is 419 g/mol. The number of sulfonamides is 1. The lowest BCUT2D eigenvalue weighted by Gasteiger charge is -2.11. The van der Waals surface area contributed by atoms with Crippen molar-refractivity contribution in [2.24, 2.45) is 0 Å². The molecule has 0 aliphatic heterocycles. The Balaban J connectivity index is 1.64. The van der Waals surface area contributed by atoms with Crippen LogP contribution < -0.4 is 5.32 Å². The highest BCUT2D eigenvalue weighted by atomic mass is 32.2. The van der Waals surface area contributed by atoms with Gasteiger partial charge < -0.3 is 5.32 Å². The van der Waals surface area contributed by atoms with Crippen LogP contribution in [0.3, 0.4) is 0 Å². The fraction of sp³-hybridized carbons (Fsp3) is 0.158. The molecular weight excluding hydrogens is 401 g/mol. The predicted molar refractivity (Wildman–Crippen MR) is 107 cm³/mol. The fourth-order valence-corrected chi connectivity index (χ4v) is 4.13. The number of nitrogens with zero attached hydrogens (tertiary/aromatic N) is 2. The van der Waals surface area contributed by atoms with Crippen LogP contribution >= 0.6 is 11.3 Å². The SMILES string of the molecule is CN(C)S(=O)(=O)c1ccc(NC(=O)Cc2csc(-c3ccc(F)cc3)n2)cc1. The normalized spacial score (nSPS) is 11.6. The highest BCUT2D eigenvalue weighted by molar-refractivity contribution is 7.89. The molecule has 1 amide bonds. The number of carbonyl (C=O) groups is 1. The molecule has 6 nitrogen and oxygen atoms in total. The van der Waals surface area contributed by atoms with Crippen molar-refractivity contribution in [1.29, 1.82) is 0 Å². The summed E-state index contributed by atoms with van der Waals surface area (Å²) in [5, 5.41) is 5.21. The first-order valence-electron chi connectivity index (χ1n) is 8.28. The Morgan fingerprint density at radius 3 is 2.36 bits per heavy atom. The van der Waals surface area contributed by atoms with E-state index in [2.05, 4.69) is 10.3 Å². The minimum Gasteiger partial charge on any atom is -0.326 e. The minimum absolute atomic E-state index is 0.0788. The molecule has 9 heteroatoms. The van der Waals surface area contributed by atoms with E-state index in [1.54, 1.807) is 29.6 Å². The van der Waals surface area contributed by atoms with Crippen LogP contribution in [-0.2, 0) is 21.2 Å². The van der Waals surface area contributed by atoms with Gasteiger partial charge in [0, 0.05) is 30.7 Å². The van der Waals surface area contributed by atoms with Crippen molar-refractivity contribution in [1.82, 2.24) is 9.29 Å². The largest absolute Gasteiger partial charge is 0.326 e. The van der Waals surface area contributed by atoms with E-state index in [0.717, 1.165) is 9.87 Å². The second kappa shape index (κ2) is 8.17. The Hall–Kier alpha value is -2.62. The number of hydrogen-bond donors (Lipinski definition) is 1. The summed E-state index contributed by atoms with van der Waals surface area (Å²) in [7, 11) is -0.594. The average molecular weight is 420 g/mol. The van der Waals surface area contributed by atoms with E-state index in [9.17, 15) is 17.6 Å². The Labute approximate surface area is 166 Å². The van der Waals surface area contributed by atoms with Gasteiger partial charge in [0.2, 0.25) is 15.9 Å². The third kappa shape index (κ3) is 4.61. The molecule has 0 saturated heterocycles. The van der Waals surface area contributed by atoms with Crippen LogP contribution in [0.15, 0.2) is 58.8 Å². The van der Waals surface area contributed by atoms with Crippen LogP contribution in [0.4, 0.5) is 10.1 Å². The van der Waals surface area contributed by atoms with Crippen LogP contribution in [0.2, 0.25) is 0 Å². The lowest BCUT2D eigenvalue weighted by molar-refractivity contribution is -0.115. The molecule has 0 atom stereocenters. The van der Waals surface area contributed by atoms with E-state index >= 15 is 0 Å². The van der Waals surface area contributed by atoms with Gasteiger partial charge in [-0.1, -0.05) is 0 Å². The molecule has 146 valence electrons. The van der Waals surface area contributed by atoms with Gasteiger partial charge >= 0.3 is 0 Å². The van der Waals surface area contributed by atoms with Crippen LogP contribution in [-0.4, -0.2) is 37.7 Å². The van der Waals surface area contributed by atoms with Crippen LogP contribution in [0.25, 0.3) is 10.6 Å². The summed E-state index contributed by atoms with van der Waals surface area (Å²) in [5.74, 6) is -0.580. The highest BCUT2D eigenvalue weighted by Gasteiger charge is 2.17. The van der Waals surface area contributed by atoms with Crippen molar-refractivity contribution in [3.63, 3.8) is 0 Å². The maximum atomic E-state index is 13.0. The van der Waals surface area contributed by atoms with Gasteiger partial charge in [-0.15, -0.1) is 11.3 Å². The van der Waals surface area contributed by atoms with Crippen molar-refractivity contribution in [2.75, 3.05) is 19.4 Å². The summed E-state index contributed by atoms with van der Waals surface area (Å²) >= 11 is 1.38. The number of rotatable bonds is 6. The number of aromatic nitrogens is 1. The minimum atomic E-state index is -3.51. The topological polar surface area (TPSA) is 79.4 Å². The van der Waals surface area contributed by atoms with Crippen molar-refractivity contribution in [3.05, 3.63) is 65.4 Å². The van der Waals surface area contributed by atoms with Gasteiger partial charge in [-0.05, 0) is 48.5 Å². The first-order valence-corrected chi connectivity index (χ1v) is 10.6. The summed E-state index contributed by atoms with van der Waals surface area (Å²) in [6.07, 6.45) is 0.0788. The van der Waals surface area contributed by atoms with E-state index in [0.29, 0.717) is 16.4 Å². The number of carbonyl (C=O) groups excluding carboxylic acids is 1. The number of anilines is 1. The van der Waals surface area contributed by atoms with Gasteiger partial charge in [0.25, 0.3) is 0 Å². The molecule has 2 aromatic carbocycles. The van der Waals surface area contributed by atoms with Crippen molar-refractivity contribution >= 4 is 33.0 Å². The maximum Gasteiger partial charge on any atom is 0.242 e. The standard InChI is InChI=1S/C19H18FN3O3S2/c1-23(2)28(25,26)17-9-7-15(8-10-17)21-18(24)11-16-12-27-19(22-16)13-3-5-14(20)6-4-13/h3-10,12H,11H2,1-2H3,(H,21,24). The lowest BCUT2D eigenvalue weighted by atomic mass is 10.2. The van der Waals surface area contributed by atoms with Crippen molar-refractivity contribution in [3.8, 4) is 10.6 Å². The molecule has 1 aromatic heterocycles. The fourth-order valence-electron chi connectivity index (χ4n) is 2.40. The van der Waals surface area contributed by atoms with Gasteiger partial charge in [0.1, 0.15) is 10.8 Å². The van der Waals surface area contributed by atoms with Gasteiger partial charge in [-0.2, -0.15) is 0 Å². The van der Waals surface area contributed by atoms with Gasteiger partial charge in [0.15, 0.2) is 0 Å². The zero-order valence-electron chi connectivity index (χ0n) is 15.2. The molecule has 28 heavy (non-hydrogen) atoms. The zero-order valence-corrected chi connectivity index (χ0v) is 16.8. The van der Waals surface area contributed by atoms with Crippen LogP contribution in [0.1, 0.15) is 5.69 Å². The summed E-state index contributed by atoms with van der Waals surface area (Å²) in [4.78, 5) is 16.8. The number of hydrogen-bond acceptors (Lipinski definition) is 5. The van der Waals surface area contributed by atoms with Gasteiger partial charge in [0.05, 0.1) is 17.0 Å². The molecule has 0 radical (unpaired) electrons. The third-order valence-electron chi connectivity index (χ3n) is 3.90. The molecule has 0 unspecified atom stereocenters. The molecule has 1 N–H and O–H groups in total. The molecule has 0 fully saturated rings. The van der Waals surface area contributed by atoms with E-state index in [1.807, 2.05) is 0 Å². The summed E-state index contributed by atoms with van der Waals surface area (Å²) in [6.45, 7) is 0. The molecule has 0 spiro atoms. The smallest absolute Gasteiger partial charge is 0.242 e. The lowest BCUT2D eigenvalue weighted by Crippen LogP contribution is -2.22. The highest BCUT2D eigenvalue weighted by Crippen LogP contribution is 2.24. The number of benzene rings is 2. The molecule has 3 rings (SSSR count). The van der Waals surface area contributed by atoms with E-state index in [4.69, 9.17) is 0 Å². The molecule has 0 aliphatic rings. The Bertz CT molecular complexity index is 1080. The Kier molecular flexibility index (Phi) is 5.87. The predicted octanol–water partition coefficient (Wildman–Crippen LogP) is 3.38. The molecular formula is C19H18FN3O3S2. The molecule has 3 aromatic rings. The second-order valence-corrected chi connectivity index (χ2v) is 9.20. The van der Waals surface area contributed by atoms with E-state index in [1.165, 1.54) is 49.7 Å². The second-order valence-electron chi connectivity index (χ2n) is 6.19. The van der Waals surface area contributed by atoms with Gasteiger partial charge in [-0.3, -0.25) is 4.79 Å². The van der Waals surface area contributed by atoms with Crippen LogP contribution in [0, 0.1) is 5.82 Å². The first-order chi connectivity index (χ1) is 13.3. The Morgan fingerprint density at radius 2 is 1.75 bits per heavy atom. The molecule has 1 heterocycles. The van der Waals surface area contributed by atoms with Crippen molar-refractivity contribution in [2.45, 2.75) is 11.3 Å². The Morgan fingerprint density at radius 1 is 1.11 bits per heavy atom. The summed E-state index contributed by atoms with van der Waals surface area (Å²) < 4.78 is 38.2. The summed E-state index contributed by atoms with van der Waals surface area (Å²) in [6, 6.07) is 12.0. The van der Waals surface area contributed by atoms with E-state index in [-0.39, 0.29) is 23.0 Å². The third-order valence-corrected chi connectivity index (χ3v) is 6.67. The van der Waals surface area contributed by atoms with E-state index < -0.39 is 10.0 Å². The number of nitrogens with one attached hydrogen (secondary N) is 1. The maximum absolute atomic E-state index is 13.0. The van der Waals surface area contributed by atoms with Crippen molar-refractivity contribution < 1.29 is 17.6 Å². The van der Waals surface area contributed by atoms with Gasteiger partial charge in [-0.25, -0.2) is 22.1 Å². The quantitative estimate of drug-likeness (QED) is 0.664. The average Bonchev–Trinajstić information content (AvgIpc) is 3.11. The summed E-state index contributed by atoms with van der Waals surface area (Å²) in [5.41, 5.74) is 1.89. The zero-order chi connectivity index (χ0) is 20.3. The molecule has 0 bridgehead atoms. The first kappa shape index (κ1) is 20.1.